The summed E-state index contributed by atoms with van der Waals surface area (Å²) >= 11 is 0. The highest BCUT2D eigenvalue weighted by molar-refractivity contribution is 6.61. The molecule has 1 aromatic rings. The Morgan fingerprint density at radius 3 is 2.50 bits per heavy atom. The second-order valence-electron chi connectivity index (χ2n) is 3.42. The zero-order valence-corrected chi connectivity index (χ0v) is 9.14. The highest BCUT2D eigenvalue weighted by atomic mass is 16.6. The lowest BCUT2D eigenvalue weighted by molar-refractivity contribution is 0.0526. The van der Waals surface area contributed by atoms with Crippen molar-refractivity contribution in [1.29, 1.82) is 0 Å². The first-order chi connectivity index (χ1) is 7.81. The lowest BCUT2D eigenvalue weighted by Crippen LogP contribution is -2.31. The van der Waals surface area contributed by atoms with Gasteiger partial charge in [-0.05, 0) is 24.5 Å². The van der Waals surface area contributed by atoms with E-state index >= 15 is 0 Å². The molecule has 84 valence electrons. The van der Waals surface area contributed by atoms with E-state index in [1.165, 1.54) is 0 Å². The van der Waals surface area contributed by atoms with Gasteiger partial charge in [0.05, 0.1) is 25.4 Å². The Hall–Kier alpha value is -1.33. The van der Waals surface area contributed by atoms with Crippen LogP contribution in [0.15, 0.2) is 24.3 Å². The minimum atomic E-state index is -0.303. The van der Waals surface area contributed by atoms with E-state index in [0.717, 1.165) is 5.46 Å². The Bertz CT molecular complexity index is 357. The van der Waals surface area contributed by atoms with Crippen LogP contribution in [0.3, 0.4) is 0 Å². The molecular weight excluding hydrogens is 207 g/mol. The van der Waals surface area contributed by atoms with E-state index in [1.807, 2.05) is 12.1 Å². The molecule has 0 N–H and O–H groups in total. The number of carbonyl (C=O) groups excluding carboxylic acids is 1. The topological polar surface area (TPSA) is 44.8 Å². The van der Waals surface area contributed by atoms with Gasteiger partial charge in [0.25, 0.3) is 0 Å². The van der Waals surface area contributed by atoms with E-state index in [2.05, 4.69) is 0 Å². The van der Waals surface area contributed by atoms with Crippen LogP contribution >= 0.6 is 0 Å². The van der Waals surface area contributed by atoms with Gasteiger partial charge in [-0.3, -0.25) is 0 Å². The van der Waals surface area contributed by atoms with Gasteiger partial charge in [-0.2, -0.15) is 0 Å². The minimum Gasteiger partial charge on any atom is -0.462 e. The van der Waals surface area contributed by atoms with Gasteiger partial charge in [0.15, 0.2) is 0 Å². The summed E-state index contributed by atoms with van der Waals surface area (Å²) in [6, 6.07) is 7.08. The average molecular weight is 220 g/mol. The fraction of sp³-hybridized carbons (Fsp3) is 0.364. The van der Waals surface area contributed by atoms with Crippen LogP contribution in [0.1, 0.15) is 17.3 Å². The van der Waals surface area contributed by atoms with Crippen molar-refractivity contribution in [2.24, 2.45) is 0 Å². The largest absolute Gasteiger partial charge is 0.494 e. The molecule has 0 aliphatic carbocycles. The highest BCUT2D eigenvalue weighted by Gasteiger charge is 2.26. The maximum atomic E-state index is 11.4. The lowest BCUT2D eigenvalue weighted by Gasteiger charge is -2.05. The maximum Gasteiger partial charge on any atom is 0.494 e. The molecule has 4 nitrogen and oxygen atoms in total. The number of esters is 1. The van der Waals surface area contributed by atoms with Crippen LogP contribution in [-0.2, 0) is 14.0 Å². The summed E-state index contributed by atoms with van der Waals surface area (Å²) in [5.41, 5.74) is 1.47. The summed E-state index contributed by atoms with van der Waals surface area (Å²) < 4.78 is 15.6. The molecule has 1 aromatic carbocycles. The van der Waals surface area contributed by atoms with Gasteiger partial charge in [-0.25, -0.2) is 4.79 Å². The smallest absolute Gasteiger partial charge is 0.462 e. The number of benzene rings is 1. The van der Waals surface area contributed by atoms with E-state index in [1.54, 1.807) is 19.1 Å². The predicted octanol–water partition coefficient (Wildman–Crippen LogP) is 0.605. The van der Waals surface area contributed by atoms with Crippen LogP contribution in [-0.4, -0.2) is 32.9 Å². The van der Waals surface area contributed by atoms with Gasteiger partial charge in [0.2, 0.25) is 0 Å². The molecule has 1 heterocycles. The van der Waals surface area contributed by atoms with Crippen LogP contribution in [0.4, 0.5) is 0 Å². The molecule has 0 amide bonds. The molecule has 0 bridgehead atoms. The fourth-order valence-electron chi connectivity index (χ4n) is 1.54. The Morgan fingerprint density at radius 1 is 1.31 bits per heavy atom. The third-order valence-electron chi connectivity index (χ3n) is 2.32. The number of hydrogen-bond donors (Lipinski definition) is 0. The quantitative estimate of drug-likeness (QED) is 0.552. The summed E-state index contributed by atoms with van der Waals surface area (Å²) in [6.07, 6.45) is 0. The van der Waals surface area contributed by atoms with Gasteiger partial charge in [0.1, 0.15) is 0 Å². The molecule has 1 fully saturated rings. The Kier molecular flexibility index (Phi) is 3.59. The molecule has 0 saturated carbocycles. The van der Waals surface area contributed by atoms with E-state index in [-0.39, 0.29) is 13.1 Å². The second kappa shape index (κ2) is 5.14. The molecule has 1 saturated heterocycles. The van der Waals surface area contributed by atoms with E-state index < -0.39 is 0 Å². The molecule has 2 rings (SSSR count). The molecule has 0 atom stereocenters. The van der Waals surface area contributed by atoms with Gasteiger partial charge >= 0.3 is 13.1 Å². The van der Waals surface area contributed by atoms with Crippen molar-refractivity contribution < 1.29 is 18.8 Å². The highest BCUT2D eigenvalue weighted by Crippen LogP contribution is 2.04. The van der Waals surface area contributed by atoms with Crippen LogP contribution in [0.25, 0.3) is 0 Å². The molecule has 1 aliphatic rings. The molecular formula is C11H13BO4. The fourth-order valence-corrected chi connectivity index (χ4v) is 1.54. The summed E-state index contributed by atoms with van der Waals surface area (Å²) in [4.78, 5) is 11.4. The Morgan fingerprint density at radius 2 is 1.94 bits per heavy atom. The number of ether oxygens (including phenoxy) is 1. The number of carbonyl (C=O) groups is 1. The summed E-state index contributed by atoms with van der Waals surface area (Å²) in [5.74, 6) is -0.303. The van der Waals surface area contributed by atoms with Crippen molar-refractivity contribution >= 4 is 18.6 Å². The van der Waals surface area contributed by atoms with Gasteiger partial charge < -0.3 is 14.0 Å². The number of rotatable bonds is 3. The molecule has 0 radical (unpaired) electrons. The molecule has 0 spiro atoms. The normalized spacial score (nSPS) is 15.2. The zero-order valence-electron chi connectivity index (χ0n) is 9.14. The lowest BCUT2D eigenvalue weighted by atomic mass is 9.79. The van der Waals surface area contributed by atoms with Crippen molar-refractivity contribution in [3.63, 3.8) is 0 Å². The van der Waals surface area contributed by atoms with Crippen LogP contribution in [0, 0.1) is 0 Å². The van der Waals surface area contributed by atoms with Crippen LogP contribution in [0.2, 0.25) is 0 Å². The van der Waals surface area contributed by atoms with E-state index in [4.69, 9.17) is 14.0 Å². The number of hydrogen-bond acceptors (Lipinski definition) is 4. The Balaban J connectivity index is 2.06. The van der Waals surface area contributed by atoms with Gasteiger partial charge in [-0.15, -0.1) is 0 Å². The summed E-state index contributed by atoms with van der Waals surface area (Å²) in [7, 11) is -0.295. The maximum absolute atomic E-state index is 11.4. The first-order valence-corrected chi connectivity index (χ1v) is 5.31. The standard InChI is InChI=1S/C11H13BO4/c1-2-14-11(13)9-3-5-10(6-4-9)12-15-7-8-16-12/h3-6H,2,7-8H2,1H3. The van der Waals surface area contributed by atoms with Crippen molar-refractivity contribution in [2.75, 3.05) is 19.8 Å². The van der Waals surface area contributed by atoms with Gasteiger partial charge in [0, 0.05) is 0 Å². The SMILES string of the molecule is CCOC(=O)c1ccc(B2OCCO2)cc1. The molecule has 16 heavy (non-hydrogen) atoms. The minimum absolute atomic E-state index is 0.295. The summed E-state index contributed by atoms with van der Waals surface area (Å²) in [6.45, 7) is 3.40. The molecule has 1 aliphatic heterocycles. The van der Waals surface area contributed by atoms with Crippen molar-refractivity contribution in [1.82, 2.24) is 0 Å². The van der Waals surface area contributed by atoms with Crippen molar-refractivity contribution in [3.05, 3.63) is 29.8 Å². The van der Waals surface area contributed by atoms with E-state index in [9.17, 15) is 4.79 Å². The first kappa shape index (κ1) is 11.2. The van der Waals surface area contributed by atoms with Gasteiger partial charge in [-0.1, -0.05) is 12.1 Å². The average Bonchev–Trinajstić information content (AvgIpc) is 2.83. The first-order valence-electron chi connectivity index (χ1n) is 5.31. The summed E-state index contributed by atoms with van der Waals surface area (Å²) in [5, 5.41) is 0. The molecule has 0 unspecified atom stereocenters. The Labute approximate surface area is 94.6 Å². The second-order valence-corrected chi connectivity index (χ2v) is 3.42. The monoisotopic (exact) mass is 220 g/mol. The molecule has 5 heteroatoms. The van der Waals surface area contributed by atoms with E-state index in [0.29, 0.717) is 25.4 Å². The van der Waals surface area contributed by atoms with Crippen molar-refractivity contribution in [3.8, 4) is 0 Å². The third kappa shape index (κ3) is 2.43. The van der Waals surface area contributed by atoms with Crippen molar-refractivity contribution in [2.45, 2.75) is 6.92 Å². The molecule has 0 aromatic heterocycles. The predicted molar refractivity (Wildman–Crippen MR) is 59.7 cm³/mol. The third-order valence-corrected chi connectivity index (χ3v) is 2.32. The van der Waals surface area contributed by atoms with Crippen LogP contribution < -0.4 is 5.46 Å². The van der Waals surface area contributed by atoms with Crippen LogP contribution in [0.5, 0.6) is 0 Å². The zero-order chi connectivity index (χ0) is 11.4.